The minimum absolute atomic E-state index is 0.163. The fourth-order valence-electron chi connectivity index (χ4n) is 2.34. The highest BCUT2D eigenvalue weighted by molar-refractivity contribution is 7.89. The van der Waals surface area contributed by atoms with Gasteiger partial charge in [-0.2, -0.15) is 0 Å². The van der Waals surface area contributed by atoms with Crippen LogP contribution in [0.25, 0.3) is 0 Å². The van der Waals surface area contributed by atoms with E-state index in [0.29, 0.717) is 29.9 Å². The molecule has 0 radical (unpaired) electrons. The van der Waals surface area contributed by atoms with Crippen LogP contribution in [0.5, 0.6) is 0 Å². The number of hydrogen-bond donors (Lipinski definition) is 2. The standard InChI is InChI=1S/C15H25NO3S/c1-11(2)15(12(3)4)9-16-20(18,19)14-7-5-6-13(8-14)10-17/h5-8,11-12,15-17H,9-10H2,1-4H3. The second kappa shape index (κ2) is 7.20. The molecule has 1 aromatic rings. The predicted octanol–water partition coefficient (Wildman–Crippen LogP) is 2.39. The highest BCUT2D eigenvalue weighted by Crippen LogP contribution is 2.20. The van der Waals surface area contributed by atoms with Crippen molar-refractivity contribution in [3.8, 4) is 0 Å². The van der Waals surface area contributed by atoms with Crippen molar-refractivity contribution in [3.63, 3.8) is 0 Å². The van der Waals surface area contributed by atoms with Crippen molar-refractivity contribution >= 4 is 10.0 Å². The van der Waals surface area contributed by atoms with Crippen LogP contribution >= 0.6 is 0 Å². The summed E-state index contributed by atoms with van der Waals surface area (Å²) in [4.78, 5) is 0.204. The lowest BCUT2D eigenvalue weighted by Gasteiger charge is -2.25. The van der Waals surface area contributed by atoms with E-state index in [1.165, 1.54) is 6.07 Å². The first kappa shape index (κ1) is 17.1. The van der Waals surface area contributed by atoms with Gasteiger partial charge in [0.1, 0.15) is 0 Å². The van der Waals surface area contributed by atoms with Crippen LogP contribution in [-0.2, 0) is 16.6 Å². The molecule has 114 valence electrons. The molecule has 0 saturated heterocycles. The molecule has 1 aromatic carbocycles. The van der Waals surface area contributed by atoms with Crippen molar-refractivity contribution in [2.75, 3.05) is 6.54 Å². The number of aliphatic hydroxyl groups excluding tert-OH is 1. The molecule has 20 heavy (non-hydrogen) atoms. The van der Waals surface area contributed by atoms with Gasteiger partial charge in [0.05, 0.1) is 11.5 Å². The topological polar surface area (TPSA) is 66.4 Å². The van der Waals surface area contributed by atoms with Crippen molar-refractivity contribution in [2.24, 2.45) is 17.8 Å². The minimum atomic E-state index is -3.52. The monoisotopic (exact) mass is 299 g/mol. The third kappa shape index (κ3) is 4.58. The molecule has 4 nitrogen and oxygen atoms in total. The minimum Gasteiger partial charge on any atom is -0.392 e. The summed E-state index contributed by atoms with van der Waals surface area (Å²) in [7, 11) is -3.52. The maximum atomic E-state index is 12.3. The molecule has 0 saturated carbocycles. The first-order chi connectivity index (χ1) is 9.27. The van der Waals surface area contributed by atoms with E-state index in [1.807, 2.05) is 0 Å². The van der Waals surface area contributed by atoms with E-state index < -0.39 is 10.0 Å². The largest absolute Gasteiger partial charge is 0.392 e. The van der Waals surface area contributed by atoms with Gasteiger partial charge in [0, 0.05) is 6.54 Å². The fourth-order valence-corrected chi connectivity index (χ4v) is 3.48. The lowest BCUT2D eigenvalue weighted by Crippen LogP contribution is -2.34. The van der Waals surface area contributed by atoms with Crippen molar-refractivity contribution in [2.45, 2.75) is 39.2 Å². The zero-order chi connectivity index (χ0) is 15.3. The van der Waals surface area contributed by atoms with E-state index in [0.717, 1.165) is 0 Å². The number of benzene rings is 1. The fraction of sp³-hybridized carbons (Fsp3) is 0.600. The summed E-state index contributed by atoms with van der Waals surface area (Å²) in [6.07, 6.45) is 0. The second-order valence-corrected chi connectivity index (χ2v) is 7.58. The first-order valence-corrected chi connectivity index (χ1v) is 8.45. The van der Waals surface area contributed by atoms with Gasteiger partial charge in [-0.25, -0.2) is 13.1 Å². The molecule has 5 heteroatoms. The molecule has 0 unspecified atom stereocenters. The van der Waals surface area contributed by atoms with Crippen LogP contribution in [0, 0.1) is 17.8 Å². The summed E-state index contributed by atoms with van der Waals surface area (Å²) in [5.74, 6) is 1.13. The average molecular weight is 299 g/mol. The van der Waals surface area contributed by atoms with E-state index in [-0.39, 0.29) is 11.5 Å². The smallest absolute Gasteiger partial charge is 0.240 e. The quantitative estimate of drug-likeness (QED) is 0.812. The van der Waals surface area contributed by atoms with E-state index >= 15 is 0 Å². The molecular weight excluding hydrogens is 274 g/mol. The Bertz CT molecular complexity index is 516. The Labute approximate surface area is 122 Å². The molecule has 0 aliphatic heterocycles. The van der Waals surface area contributed by atoms with Gasteiger partial charge in [-0.15, -0.1) is 0 Å². The van der Waals surface area contributed by atoms with Gasteiger partial charge in [0.25, 0.3) is 0 Å². The molecule has 0 spiro atoms. The van der Waals surface area contributed by atoms with E-state index in [9.17, 15) is 8.42 Å². The zero-order valence-corrected chi connectivity index (χ0v) is 13.4. The number of hydrogen-bond acceptors (Lipinski definition) is 3. The Kier molecular flexibility index (Phi) is 6.17. The maximum absolute atomic E-state index is 12.3. The van der Waals surface area contributed by atoms with Gasteiger partial charge < -0.3 is 5.11 Å². The lowest BCUT2D eigenvalue weighted by atomic mass is 9.86. The Morgan fingerprint density at radius 3 is 2.25 bits per heavy atom. The van der Waals surface area contributed by atoms with Crippen LogP contribution in [0.2, 0.25) is 0 Å². The van der Waals surface area contributed by atoms with Gasteiger partial charge in [-0.05, 0) is 35.4 Å². The van der Waals surface area contributed by atoms with Gasteiger partial charge >= 0.3 is 0 Å². The molecule has 0 amide bonds. The van der Waals surface area contributed by atoms with Crippen LogP contribution in [0.4, 0.5) is 0 Å². The van der Waals surface area contributed by atoms with Crippen LogP contribution in [0.3, 0.4) is 0 Å². The Morgan fingerprint density at radius 1 is 1.15 bits per heavy atom. The lowest BCUT2D eigenvalue weighted by molar-refractivity contribution is 0.281. The number of aliphatic hydroxyl groups is 1. The van der Waals surface area contributed by atoms with Gasteiger partial charge in [0.2, 0.25) is 10.0 Å². The van der Waals surface area contributed by atoms with Gasteiger partial charge in [0.15, 0.2) is 0 Å². The Balaban J connectivity index is 2.84. The van der Waals surface area contributed by atoms with Gasteiger partial charge in [-0.3, -0.25) is 0 Å². The van der Waals surface area contributed by atoms with Crippen LogP contribution in [0.1, 0.15) is 33.3 Å². The van der Waals surface area contributed by atoms with Crippen molar-refractivity contribution in [1.29, 1.82) is 0 Å². The van der Waals surface area contributed by atoms with Crippen LogP contribution in [0.15, 0.2) is 29.2 Å². The summed E-state index contributed by atoms with van der Waals surface area (Å²) >= 11 is 0. The summed E-state index contributed by atoms with van der Waals surface area (Å²) in [6, 6.07) is 6.38. The molecule has 2 N–H and O–H groups in total. The molecule has 0 heterocycles. The normalized spacial score (nSPS) is 12.6. The van der Waals surface area contributed by atoms with Crippen molar-refractivity contribution < 1.29 is 13.5 Å². The molecule has 0 aliphatic rings. The van der Waals surface area contributed by atoms with Crippen LogP contribution in [-0.4, -0.2) is 20.1 Å². The van der Waals surface area contributed by atoms with Crippen molar-refractivity contribution in [3.05, 3.63) is 29.8 Å². The summed E-state index contributed by atoms with van der Waals surface area (Å²) in [5, 5.41) is 9.08. The number of sulfonamides is 1. The Morgan fingerprint density at radius 2 is 1.75 bits per heavy atom. The molecule has 0 fully saturated rings. The van der Waals surface area contributed by atoms with Gasteiger partial charge in [-0.1, -0.05) is 39.8 Å². The van der Waals surface area contributed by atoms with E-state index in [4.69, 9.17) is 5.11 Å². The summed E-state index contributed by atoms with van der Waals surface area (Å²) < 4.78 is 27.2. The summed E-state index contributed by atoms with van der Waals surface area (Å²) in [6.45, 7) is 8.68. The molecule has 1 rings (SSSR count). The van der Waals surface area contributed by atoms with E-state index in [2.05, 4.69) is 32.4 Å². The number of rotatable bonds is 7. The van der Waals surface area contributed by atoms with Crippen molar-refractivity contribution in [1.82, 2.24) is 4.72 Å². The maximum Gasteiger partial charge on any atom is 0.240 e. The predicted molar refractivity (Wildman–Crippen MR) is 80.7 cm³/mol. The Hall–Kier alpha value is -0.910. The molecular formula is C15H25NO3S. The number of nitrogens with one attached hydrogen (secondary N) is 1. The van der Waals surface area contributed by atoms with E-state index in [1.54, 1.807) is 18.2 Å². The SMILES string of the molecule is CC(C)C(CNS(=O)(=O)c1cccc(CO)c1)C(C)C. The molecule has 0 atom stereocenters. The first-order valence-electron chi connectivity index (χ1n) is 6.97. The molecule has 0 aliphatic carbocycles. The third-order valence-electron chi connectivity index (χ3n) is 3.61. The second-order valence-electron chi connectivity index (χ2n) is 5.81. The zero-order valence-electron chi connectivity index (χ0n) is 12.6. The third-order valence-corrected chi connectivity index (χ3v) is 5.03. The average Bonchev–Trinajstić information content (AvgIpc) is 2.38. The highest BCUT2D eigenvalue weighted by atomic mass is 32.2. The highest BCUT2D eigenvalue weighted by Gasteiger charge is 2.21. The summed E-state index contributed by atoms with van der Waals surface area (Å²) in [5.41, 5.74) is 0.595. The molecule has 0 bridgehead atoms. The van der Waals surface area contributed by atoms with Crippen LogP contribution < -0.4 is 4.72 Å². The molecule has 0 aromatic heterocycles.